The fraction of sp³-hybridized carbons (Fsp3) is 0.471. The van der Waals surface area contributed by atoms with Gasteiger partial charge in [-0.25, -0.2) is 4.90 Å². The van der Waals surface area contributed by atoms with Crippen molar-refractivity contribution in [2.24, 2.45) is 23.7 Å². The Morgan fingerprint density at radius 1 is 1.09 bits per heavy atom. The lowest BCUT2D eigenvalue weighted by Gasteiger charge is -2.19. The molecule has 1 aromatic rings. The van der Waals surface area contributed by atoms with Crippen LogP contribution in [0.4, 0.5) is 5.69 Å². The summed E-state index contributed by atoms with van der Waals surface area (Å²) in [5.41, 5.74) is 0.390. The number of nitrogens with zero attached hydrogens (tertiary/aromatic N) is 1. The van der Waals surface area contributed by atoms with E-state index in [0.717, 1.165) is 19.3 Å². The van der Waals surface area contributed by atoms with Crippen LogP contribution < -0.4 is 9.64 Å². The molecule has 2 saturated carbocycles. The predicted molar refractivity (Wildman–Crippen MR) is 78.1 cm³/mol. The Hall–Kier alpha value is -2.17. The fourth-order valence-corrected chi connectivity index (χ4v) is 4.53. The maximum atomic E-state index is 12.8. The van der Waals surface area contributed by atoms with Crippen LogP contribution in [0.3, 0.4) is 0 Å². The summed E-state index contributed by atoms with van der Waals surface area (Å²) in [6, 6.07) is 6.74. The molecule has 5 nitrogen and oxygen atoms in total. The van der Waals surface area contributed by atoms with E-state index in [1.165, 1.54) is 11.8 Å². The van der Waals surface area contributed by atoms with Gasteiger partial charge in [-0.15, -0.1) is 0 Å². The van der Waals surface area contributed by atoms with E-state index in [1.807, 2.05) is 0 Å². The molecule has 2 aliphatic carbocycles. The van der Waals surface area contributed by atoms with Crippen molar-refractivity contribution in [3.8, 4) is 5.75 Å². The smallest absolute Gasteiger partial charge is 0.308 e. The molecule has 2 amide bonds. The summed E-state index contributed by atoms with van der Waals surface area (Å²) < 4.78 is 5.16. The first kappa shape index (κ1) is 13.5. The first-order valence-electron chi connectivity index (χ1n) is 7.73. The van der Waals surface area contributed by atoms with Gasteiger partial charge in [0.1, 0.15) is 0 Å². The van der Waals surface area contributed by atoms with Crippen LogP contribution in [0.2, 0.25) is 0 Å². The highest BCUT2D eigenvalue weighted by Crippen LogP contribution is 2.57. The topological polar surface area (TPSA) is 63.7 Å². The van der Waals surface area contributed by atoms with Crippen molar-refractivity contribution >= 4 is 23.5 Å². The van der Waals surface area contributed by atoms with E-state index in [9.17, 15) is 14.4 Å². The van der Waals surface area contributed by atoms with E-state index in [-0.39, 0.29) is 29.4 Å². The molecule has 1 saturated heterocycles. The molecule has 3 fully saturated rings. The summed E-state index contributed by atoms with van der Waals surface area (Å²) in [4.78, 5) is 38.1. The number of hydrogen-bond donors (Lipinski definition) is 0. The number of ether oxygens (including phenoxy) is 1. The molecular formula is C17H17NO4. The van der Waals surface area contributed by atoms with Gasteiger partial charge in [0.05, 0.1) is 17.5 Å². The van der Waals surface area contributed by atoms with Crippen molar-refractivity contribution in [2.75, 3.05) is 4.90 Å². The number of carbonyl (C=O) groups excluding carboxylic acids is 3. The molecule has 2 bridgehead atoms. The van der Waals surface area contributed by atoms with Gasteiger partial charge >= 0.3 is 5.97 Å². The van der Waals surface area contributed by atoms with E-state index in [4.69, 9.17) is 4.74 Å². The maximum absolute atomic E-state index is 12.8. The first-order valence-corrected chi connectivity index (χ1v) is 7.73. The second-order valence-electron chi connectivity index (χ2n) is 6.46. The normalized spacial score (nSPS) is 32.5. The predicted octanol–water partition coefficient (Wildman–Crippen LogP) is 2.15. The number of amides is 2. The molecule has 4 rings (SSSR count). The van der Waals surface area contributed by atoms with E-state index < -0.39 is 5.97 Å². The molecule has 1 heterocycles. The number of anilines is 1. The lowest BCUT2D eigenvalue weighted by Crippen LogP contribution is -2.33. The third-order valence-electron chi connectivity index (χ3n) is 5.29. The van der Waals surface area contributed by atoms with E-state index >= 15 is 0 Å². The lowest BCUT2D eigenvalue weighted by atomic mass is 9.81. The molecule has 22 heavy (non-hydrogen) atoms. The largest absolute Gasteiger partial charge is 0.424 e. The Labute approximate surface area is 128 Å². The van der Waals surface area contributed by atoms with Crippen LogP contribution in [0.25, 0.3) is 0 Å². The van der Waals surface area contributed by atoms with Crippen molar-refractivity contribution in [2.45, 2.75) is 26.2 Å². The van der Waals surface area contributed by atoms with Crippen molar-refractivity contribution in [3.05, 3.63) is 24.3 Å². The molecule has 1 aromatic carbocycles. The standard InChI is InChI=1S/C17H17NO4/c1-9(19)22-13-5-3-2-4-12(13)18-16(20)14-10-6-7-11(8-10)15(14)17(18)21/h2-5,10-11,14-15H,6-8H2,1H3/t10-,11+,14-,15-/m0/s1. The van der Waals surface area contributed by atoms with E-state index in [1.54, 1.807) is 24.3 Å². The van der Waals surface area contributed by atoms with Gasteiger partial charge in [0.15, 0.2) is 5.75 Å². The zero-order chi connectivity index (χ0) is 15.4. The fourth-order valence-electron chi connectivity index (χ4n) is 4.53. The van der Waals surface area contributed by atoms with Gasteiger partial charge in [0, 0.05) is 6.92 Å². The lowest BCUT2D eigenvalue weighted by molar-refractivity contribution is -0.132. The minimum Gasteiger partial charge on any atom is -0.424 e. The Morgan fingerprint density at radius 2 is 1.68 bits per heavy atom. The number of imide groups is 1. The van der Waals surface area contributed by atoms with Crippen molar-refractivity contribution in [1.82, 2.24) is 0 Å². The highest BCUT2D eigenvalue weighted by molar-refractivity contribution is 6.23. The highest BCUT2D eigenvalue weighted by Gasteiger charge is 2.61. The van der Waals surface area contributed by atoms with Crippen LogP contribution >= 0.6 is 0 Å². The summed E-state index contributed by atoms with van der Waals surface area (Å²) >= 11 is 0. The molecule has 3 aliphatic rings. The SMILES string of the molecule is CC(=O)Oc1ccccc1N1C(=O)[C@H]2[C@@H]3CC[C@@H](C3)[C@@H]2C1=O. The highest BCUT2D eigenvalue weighted by atomic mass is 16.5. The minimum atomic E-state index is -0.466. The summed E-state index contributed by atoms with van der Waals surface area (Å²) in [6.45, 7) is 1.30. The monoisotopic (exact) mass is 299 g/mol. The second-order valence-corrected chi connectivity index (χ2v) is 6.46. The summed E-state index contributed by atoms with van der Waals surface area (Å²) in [5, 5.41) is 0. The number of carbonyl (C=O) groups is 3. The molecule has 4 atom stereocenters. The van der Waals surface area contributed by atoms with Gasteiger partial charge in [0.25, 0.3) is 0 Å². The van der Waals surface area contributed by atoms with Gasteiger partial charge in [0.2, 0.25) is 11.8 Å². The molecule has 0 spiro atoms. The van der Waals surface area contributed by atoms with Gasteiger partial charge in [-0.05, 0) is 43.2 Å². The molecular weight excluding hydrogens is 282 g/mol. The van der Waals surface area contributed by atoms with Crippen molar-refractivity contribution in [3.63, 3.8) is 0 Å². The van der Waals surface area contributed by atoms with E-state index in [2.05, 4.69) is 0 Å². The third-order valence-corrected chi connectivity index (χ3v) is 5.29. The minimum absolute atomic E-state index is 0.123. The van der Waals surface area contributed by atoms with Crippen LogP contribution in [0.15, 0.2) is 24.3 Å². The Morgan fingerprint density at radius 3 is 2.27 bits per heavy atom. The van der Waals surface area contributed by atoms with Crippen molar-refractivity contribution < 1.29 is 19.1 Å². The quantitative estimate of drug-likeness (QED) is 0.477. The zero-order valence-corrected chi connectivity index (χ0v) is 12.3. The van der Waals surface area contributed by atoms with Gasteiger partial charge in [-0.1, -0.05) is 12.1 Å². The molecule has 0 N–H and O–H groups in total. The van der Waals surface area contributed by atoms with Crippen LogP contribution in [-0.2, 0) is 14.4 Å². The molecule has 0 aromatic heterocycles. The number of hydrogen-bond acceptors (Lipinski definition) is 4. The molecule has 0 unspecified atom stereocenters. The number of esters is 1. The zero-order valence-electron chi connectivity index (χ0n) is 12.3. The number of para-hydroxylation sites is 2. The summed E-state index contributed by atoms with van der Waals surface area (Å²) in [5.74, 6) is -0.0950. The number of benzene rings is 1. The van der Waals surface area contributed by atoms with Crippen molar-refractivity contribution in [1.29, 1.82) is 0 Å². The molecule has 1 aliphatic heterocycles. The average Bonchev–Trinajstić information content (AvgIpc) is 3.14. The second kappa shape index (κ2) is 4.66. The van der Waals surface area contributed by atoms with Gasteiger partial charge in [-0.2, -0.15) is 0 Å². The summed E-state index contributed by atoms with van der Waals surface area (Å²) in [6.07, 6.45) is 3.10. The third kappa shape index (κ3) is 1.74. The number of rotatable bonds is 2. The maximum Gasteiger partial charge on any atom is 0.308 e. The molecule has 5 heteroatoms. The van der Waals surface area contributed by atoms with Gasteiger partial charge in [-0.3, -0.25) is 14.4 Å². The number of fused-ring (bicyclic) bond motifs is 5. The van der Waals surface area contributed by atoms with Crippen LogP contribution in [0, 0.1) is 23.7 Å². The Bertz CT molecular complexity index is 655. The van der Waals surface area contributed by atoms with Crippen LogP contribution in [0.5, 0.6) is 5.75 Å². The van der Waals surface area contributed by atoms with E-state index in [0.29, 0.717) is 17.5 Å². The van der Waals surface area contributed by atoms with Gasteiger partial charge < -0.3 is 4.74 Å². The summed E-state index contributed by atoms with van der Waals surface area (Å²) in [7, 11) is 0. The Balaban J connectivity index is 1.74. The Kier molecular flexibility index (Phi) is 2.86. The van der Waals surface area contributed by atoms with Crippen LogP contribution in [0.1, 0.15) is 26.2 Å². The molecule has 0 radical (unpaired) electrons. The van der Waals surface area contributed by atoms with Crippen LogP contribution in [-0.4, -0.2) is 17.8 Å². The average molecular weight is 299 g/mol. The first-order chi connectivity index (χ1) is 10.6. The molecule has 114 valence electrons.